The molecule has 2 heterocycles. The molecule has 1 aromatic carbocycles. The van der Waals surface area contributed by atoms with Crippen LogP contribution in [-0.2, 0) is 11.3 Å². The standard InChI is InChI=1S/C20H20Cl2N6O2S2/c1-5-8-28-17(13-7-6-12(21)9-14(13)22)25-26-20(28)31-10-15(29)24-19-23-11(2)16(32-19)18(30)27(3)4/h5-7,9H,1,8,10H2,2-4H3,(H,23,24,29). The Morgan fingerprint density at radius 2 is 2.06 bits per heavy atom. The number of rotatable bonds is 8. The van der Waals surface area contributed by atoms with Gasteiger partial charge in [0, 0.05) is 31.2 Å². The van der Waals surface area contributed by atoms with Gasteiger partial charge in [-0.05, 0) is 25.1 Å². The van der Waals surface area contributed by atoms with Crippen LogP contribution in [0.15, 0.2) is 36.0 Å². The van der Waals surface area contributed by atoms with Crippen LogP contribution in [0, 0.1) is 6.92 Å². The summed E-state index contributed by atoms with van der Waals surface area (Å²) in [4.78, 5) is 30.9. The zero-order valence-electron chi connectivity index (χ0n) is 17.6. The normalized spacial score (nSPS) is 10.8. The van der Waals surface area contributed by atoms with Gasteiger partial charge in [-0.1, -0.05) is 52.4 Å². The quantitative estimate of drug-likeness (QED) is 0.350. The van der Waals surface area contributed by atoms with E-state index < -0.39 is 0 Å². The van der Waals surface area contributed by atoms with Crippen LogP contribution >= 0.6 is 46.3 Å². The van der Waals surface area contributed by atoms with Crippen molar-refractivity contribution in [1.29, 1.82) is 0 Å². The van der Waals surface area contributed by atoms with E-state index in [4.69, 9.17) is 23.2 Å². The number of thioether (sulfide) groups is 1. The van der Waals surface area contributed by atoms with E-state index in [1.165, 1.54) is 16.7 Å². The SMILES string of the molecule is C=CCn1c(SCC(=O)Nc2nc(C)c(C(=O)N(C)C)s2)nnc1-c1ccc(Cl)cc1Cl. The van der Waals surface area contributed by atoms with Crippen LogP contribution in [0.25, 0.3) is 11.4 Å². The molecule has 168 valence electrons. The topological polar surface area (TPSA) is 93.0 Å². The highest BCUT2D eigenvalue weighted by Crippen LogP contribution is 2.31. The number of benzene rings is 1. The number of thiazole rings is 1. The number of hydrogen-bond acceptors (Lipinski definition) is 7. The molecule has 0 saturated heterocycles. The van der Waals surface area contributed by atoms with Crippen molar-refractivity contribution in [2.45, 2.75) is 18.6 Å². The van der Waals surface area contributed by atoms with Gasteiger partial charge in [0.1, 0.15) is 4.88 Å². The lowest BCUT2D eigenvalue weighted by atomic mass is 10.2. The summed E-state index contributed by atoms with van der Waals surface area (Å²) >= 11 is 14.7. The van der Waals surface area contributed by atoms with Crippen LogP contribution in [0.1, 0.15) is 15.4 Å². The van der Waals surface area contributed by atoms with Crippen molar-refractivity contribution >= 4 is 63.2 Å². The number of carbonyl (C=O) groups is 2. The number of allylic oxidation sites excluding steroid dienone is 1. The maximum Gasteiger partial charge on any atom is 0.265 e. The average Bonchev–Trinajstić information content (AvgIpc) is 3.29. The number of hydrogen-bond donors (Lipinski definition) is 1. The molecule has 0 bridgehead atoms. The fourth-order valence-electron chi connectivity index (χ4n) is 2.70. The first-order chi connectivity index (χ1) is 15.2. The Bertz CT molecular complexity index is 1180. The molecule has 0 spiro atoms. The van der Waals surface area contributed by atoms with Gasteiger partial charge < -0.3 is 10.2 Å². The number of anilines is 1. The zero-order chi connectivity index (χ0) is 23.4. The van der Waals surface area contributed by atoms with Gasteiger partial charge in [-0.2, -0.15) is 0 Å². The third-order valence-corrected chi connectivity index (χ3v) is 6.75. The number of halogens is 2. The lowest BCUT2D eigenvalue weighted by Gasteiger charge is -2.09. The molecule has 0 fully saturated rings. The van der Waals surface area contributed by atoms with Gasteiger partial charge in [0.15, 0.2) is 16.1 Å². The van der Waals surface area contributed by atoms with E-state index in [9.17, 15) is 9.59 Å². The summed E-state index contributed by atoms with van der Waals surface area (Å²) in [7, 11) is 3.34. The molecule has 0 aliphatic rings. The van der Waals surface area contributed by atoms with E-state index in [0.29, 0.717) is 48.8 Å². The van der Waals surface area contributed by atoms with E-state index in [2.05, 4.69) is 27.1 Å². The summed E-state index contributed by atoms with van der Waals surface area (Å²) < 4.78 is 1.82. The molecule has 0 atom stereocenters. The number of amides is 2. The fourth-order valence-corrected chi connectivity index (χ4v) is 4.94. The first-order valence-electron chi connectivity index (χ1n) is 9.32. The molecule has 0 aliphatic heterocycles. The minimum atomic E-state index is -0.271. The smallest absolute Gasteiger partial charge is 0.265 e. The van der Waals surface area contributed by atoms with Crippen LogP contribution in [0.5, 0.6) is 0 Å². The number of aryl methyl sites for hydroxylation is 1. The van der Waals surface area contributed by atoms with Gasteiger partial charge in [0.25, 0.3) is 5.91 Å². The lowest BCUT2D eigenvalue weighted by Crippen LogP contribution is -2.21. The van der Waals surface area contributed by atoms with Crippen LogP contribution in [0.3, 0.4) is 0 Å². The molecule has 0 saturated carbocycles. The summed E-state index contributed by atoms with van der Waals surface area (Å²) in [6.07, 6.45) is 1.71. The van der Waals surface area contributed by atoms with Crippen LogP contribution in [0.4, 0.5) is 5.13 Å². The second kappa shape index (κ2) is 10.5. The van der Waals surface area contributed by atoms with Crippen molar-refractivity contribution in [3.63, 3.8) is 0 Å². The van der Waals surface area contributed by atoms with Gasteiger partial charge in [-0.15, -0.1) is 16.8 Å². The molecule has 1 N–H and O–H groups in total. The monoisotopic (exact) mass is 510 g/mol. The van der Waals surface area contributed by atoms with Crippen LogP contribution in [0.2, 0.25) is 10.0 Å². The number of aromatic nitrogens is 4. The average molecular weight is 511 g/mol. The van der Waals surface area contributed by atoms with Crippen LogP contribution < -0.4 is 5.32 Å². The van der Waals surface area contributed by atoms with E-state index in [1.807, 2.05) is 4.57 Å². The van der Waals surface area contributed by atoms with Crippen molar-refractivity contribution in [2.24, 2.45) is 0 Å². The molecule has 8 nitrogen and oxygen atoms in total. The molecule has 32 heavy (non-hydrogen) atoms. The third kappa shape index (κ3) is 5.50. The Kier molecular flexibility index (Phi) is 7.94. The first-order valence-corrected chi connectivity index (χ1v) is 11.9. The maximum atomic E-state index is 12.5. The number of carbonyl (C=O) groups excluding carboxylic acids is 2. The highest BCUT2D eigenvalue weighted by molar-refractivity contribution is 7.99. The Hall–Kier alpha value is -2.40. The molecule has 2 amide bonds. The fraction of sp³-hybridized carbons (Fsp3) is 0.250. The van der Waals surface area contributed by atoms with Crippen molar-refractivity contribution in [3.05, 3.63) is 51.5 Å². The highest BCUT2D eigenvalue weighted by Gasteiger charge is 2.20. The third-order valence-electron chi connectivity index (χ3n) is 4.18. The molecule has 12 heteroatoms. The molecular weight excluding hydrogens is 491 g/mol. The van der Waals surface area contributed by atoms with E-state index in [-0.39, 0.29) is 17.6 Å². The molecule has 0 unspecified atom stereocenters. The van der Waals surface area contributed by atoms with Gasteiger partial charge >= 0.3 is 0 Å². The summed E-state index contributed by atoms with van der Waals surface area (Å²) in [6.45, 7) is 5.95. The van der Waals surface area contributed by atoms with Crippen LogP contribution in [-0.4, -0.2) is 56.3 Å². The van der Waals surface area contributed by atoms with Gasteiger partial charge in [-0.3, -0.25) is 14.2 Å². The zero-order valence-corrected chi connectivity index (χ0v) is 20.7. The van der Waals surface area contributed by atoms with Crippen molar-refractivity contribution in [3.8, 4) is 11.4 Å². The number of nitrogens with one attached hydrogen (secondary N) is 1. The molecule has 0 aliphatic carbocycles. The summed E-state index contributed by atoms with van der Waals surface area (Å²) in [6, 6.07) is 5.13. The Morgan fingerprint density at radius 1 is 1.31 bits per heavy atom. The summed E-state index contributed by atoms with van der Waals surface area (Å²) in [5.74, 6) is 0.212. The van der Waals surface area contributed by atoms with Crippen molar-refractivity contribution in [2.75, 3.05) is 25.2 Å². The van der Waals surface area contributed by atoms with E-state index in [0.717, 1.165) is 11.3 Å². The predicted molar refractivity (Wildman–Crippen MR) is 130 cm³/mol. The van der Waals surface area contributed by atoms with Gasteiger partial charge in [0.05, 0.1) is 16.5 Å². The van der Waals surface area contributed by atoms with Crippen molar-refractivity contribution in [1.82, 2.24) is 24.6 Å². The lowest BCUT2D eigenvalue weighted by molar-refractivity contribution is -0.113. The Balaban J connectivity index is 1.72. The molecule has 2 aromatic heterocycles. The second-order valence-corrected chi connectivity index (χ2v) is 9.58. The second-order valence-electron chi connectivity index (χ2n) is 6.80. The highest BCUT2D eigenvalue weighted by atomic mass is 35.5. The summed E-state index contributed by atoms with van der Waals surface area (Å²) in [5.41, 5.74) is 1.25. The first kappa shape index (κ1) is 24.2. The number of nitrogens with zero attached hydrogens (tertiary/aromatic N) is 5. The predicted octanol–water partition coefficient (Wildman–Crippen LogP) is 4.64. The Labute approximate surface area is 203 Å². The molecular formula is C20H20Cl2N6O2S2. The summed E-state index contributed by atoms with van der Waals surface area (Å²) in [5, 5.41) is 13.1. The minimum absolute atomic E-state index is 0.0826. The molecule has 3 rings (SSSR count). The van der Waals surface area contributed by atoms with Gasteiger partial charge in [0.2, 0.25) is 5.91 Å². The minimum Gasteiger partial charge on any atom is -0.344 e. The van der Waals surface area contributed by atoms with Gasteiger partial charge in [-0.25, -0.2) is 4.98 Å². The largest absolute Gasteiger partial charge is 0.344 e. The van der Waals surface area contributed by atoms with Crippen molar-refractivity contribution < 1.29 is 9.59 Å². The maximum absolute atomic E-state index is 12.5. The van der Waals surface area contributed by atoms with E-state index >= 15 is 0 Å². The Morgan fingerprint density at radius 3 is 2.72 bits per heavy atom. The molecule has 0 radical (unpaired) electrons. The molecule has 3 aromatic rings. The van der Waals surface area contributed by atoms with E-state index in [1.54, 1.807) is 45.3 Å².